The maximum atomic E-state index is 11.9. The number of hydrogen-bond donors (Lipinski definition) is 1. The maximum absolute atomic E-state index is 11.9. The van der Waals surface area contributed by atoms with Crippen LogP contribution in [0.1, 0.15) is 65.7 Å². The Labute approximate surface area is 130 Å². The first-order valence-electron chi connectivity index (χ1n) is 8.55. The van der Waals surface area contributed by atoms with Crippen molar-refractivity contribution in [3.05, 3.63) is 0 Å². The van der Waals surface area contributed by atoms with Gasteiger partial charge in [0.25, 0.3) is 0 Å². The van der Waals surface area contributed by atoms with Crippen molar-refractivity contribution in [2.45, 2.75) is 76.6 Å². The molecule has 0 aromatic heterocycles. The second-order valence-corrected chi connectivity index (χ2v) is 10.4. The quantitative estimate of drug-likeness (QED) is 0.868. The summed E-state index contributed by atoms with van der Waals surface area (Å²) < 4.78 is 23.8. The van der Waals surface area contributed by atoms with E-state index in [-0.39, 0.29) is 11.2 Å². The zero-order chi connectivity index (χ0) is 15.8. The van der Waals surface area contributed by atoms with Crippen molar-refractivity contribution in [1.29, 1.82) is 0 Å². The van der Waals surface area contributed by atoms with E-state index in [1.54, 1.807) is 0 Å². The van der Waals surface area contributed by atoms with E-state index in [2.05, 4.69) is 20.8 Å². The molecule has 0 aromatic rings. The Hall–Kier alpha value is -0.0900. The number of hydrogen-bond acceptors (Lipinski definition) is 3. The third-order valence-electron chi connectivity index (χ3n) is 6.03. The maximum Gasteiger partial charge on any atom is 0.150 e. The first-order chi connectivity index (χ1) is 9.64. The van der Waals surface area contributed by atoms with Gasteiger partial charge in [0.1, 0.15) is 9.84 Å². The molecule has 0 heterocycles. The molecule has 0 aromatic carbocycles. The Morgan fingerprint density at radius 3 is 2.38 bits per heavy atom. The lowest BCUT2D eigenvalue weighted by Gasteiger charge is -2.51. The molecule has 0 saturated heterocycles. The molecule has 5 unspecified atom stereocenters. The Morgan fingerprint density at radius 1 is 1.14 bits per heavy atom. The van der Waals surface area contributed by atoms with Gasteiger partial charge in [0.05, 0.1) is 10.9 Å². The van der Waals surface area contributed by atoms with Gasteiger partial charge in [-0.05, 0) is 55.8 Å². The van der Waals surface area contributed by atoms with E-state index in [0.717, 1.165) is 32.1 Å². The molecule has 2 fully saturated rings. The van der Waals surface area contributed by atoms with Crippen LogP contribution in [-0.4, -0.2) is 30.6 Å². The van der Waals surface area contributed by atoms with Gasteiger partial charge >= 0.3 is 0 Å². The molecule has 2 rings (SSSR count). The van der Waals surface area contributed by atoms with E-state index in [9.17, 15) is 13.5 Å². The van der Waals surface area contributed by atoms with Gasteiger partial charge in [-0.15, -0.1) is 0 Å². The van der Waals surface area contributed by atoms with Crippen LogP contribution in [0.25, 0.3) is 0 Å². The molecule has 4 heteroatoms. The van der Waals surface area contributed by atoms with E-state index in [1.165, 1.54) is 12.7 Å². The molecule has 0 bridgehead atoms. The van der Waals surface area contributed by atoms with Crippen molar-refractivity contribution >= 4 is 9.84 Å². The minimum Gasteiger partial charge on any atom is -0.389 e. The van der Waals surface area contributed by atoms with Crippen LogP contribution in [0.5, 0.6) is 0 Å². The summed E-state index contributed by atoms with van der Waals surface area (Å²) in [7, 11) is -2.99. The molecule has 0 amide bonds. The fourth-order valence-electron chi connectivity index (χ4n) is 4.89. The van der Waals surface area contributed by atoms with Gasteiger partial charge in [-0.25, -0.2) is 8.42 Å². The second-order valence-electron chi connectivity index (χ2n) is 8.04. The normalized spacial score (nSPS) is 42.2. The lowest BCUT2D eigenvalue weighted by Crippen LogP contribution is -2.53. The predicted octanol–water partition coefficient (Wildman–Crippen LogP) is 3.41. The predicted molar refractivity (Wildman–Crippen MR) is 86.9 cm³/mol. The van der Waals surface area contributed by atoms with Crippen LogP contribution in [-0.2, 0) is 9.84 Å². The van der Waals surface area contributed by atoms with Gasteiger partial charge in [-0.2, -0.15) is 0 Å². The standard InChI is InChI=1S/C17H32O3S/c1-12(2)16-9-8-13(3)11-17(16,18)14-6-5-7-15(10-14)21(4,19)20/h12-16,18H,5-11H2,1-4H3. The first kappa shape index (κ1) is 17.3. The van der Waals surface area contributed by atoms with Gasteiger partial charge < -0.3 is 5.11 Å². The molecule has 1 N–H and O–H groups in total. The average Bonchev–Trinajstić information content (AvgIpc) is 2.37. The lowest BCUT2D eigenvalue weighted by molar-refractivity contribution is -0.129. The van der Waals surface area contributed by atoms with Crippen LogP contribution in [0.2, 0.25) is 0 Å². The average molecular weight is 317 g/mol. The Morgan fingerprint density at radius 2 is 1.81 bits per heavy atom. The van der Waals surface area contributed by atoms with Crippen molar-refractivity contribution in [1.82, 2.24) is 0 Å². The monoisotopic (exact) mass is 316 g/mol. The van der Waals surface area contributed by atoms with Crippen molar-refractivity contribution in [2.24, 2.45) is 23.7 Å². The summed E-state index contributed by atoms with van der Waals surface area (Å²) in [5.74, 6) is 1.47. The second kappa shape index (κ2) is 6.19. The summed E-state index contributed by atoms with van der Waals surface area (Å²) in [5, 5.41) is 11.2. The van der Waals surface area contributed by atoms with Gasteiger partial charge in [0.2, 0.25) is 0 Å². The minimum atomic E-state index is -2.99. The lowest BCUT2D eigenvalue weighted by atomic mass is 9.59. The first-order valence-corrected chi connectivity index (χ1v) is 10.5. The van der Waals surface area contributed by atoms with Gasteiger partial charge in [-0.3, -0.25) is 0 Å². The largest absolute Gasteiger partial charge is 0.389 e. The van der Waals surface area contributed by atoms with Crippen LogP contribution < -0.4 is 0 Å². The minimum absolute atomic E-state index is 0.154. The van der Waals surface area contributed by atoms with Crippen LogP contribution >= 0.6 is 0 Å². The Kier molecular flexibility index (Phi) is 5.09. The molecular formula is C17H32O3S. The fourth-order valence-corrected chi connectivity index (χ4v) is 6.07. The van der Waals surface area contributed by atoms with Crippen molar-refractivity contribution in [3.63, 3.8) is 0 Å². The summed E-state index contributed by atoms with van der Waals surface area (Å²) in [5.41, 5.74) is -0.658. The highest BCUT2D eigenvalue weighted by Crippen LogP contribution is 2.49. The molecule has 2 aliphatic carbocycles. The van der Waals surface area contributed by atoms with E-state index in [1.807, 2.05) is 0 Å². The molecular weight excluding hydrogens is 284 g/mol. The van der Waals surface area contributed by atoms with E-state index >= 15 is 0 Å². The summed E-state index contributed by atoms with van der Waals surface area (Å²) in [4.78, 5) is 0. The molecule has 5 atom stereocenters. The van der Waals surface area contributed by atoms with Gasteiger partial charge in [0, 0.05) is 6.26 Å². The molecule has 3 nitrogen and oxygen atoms in total. The van der Waals surface area contributed by atoms with Gasteiger partial charge in [0.15, 0.2) is 0 Å². The van der Waals surface area contributed by atoms with Gasteiger partial charge in [-0.1, -0.05) is 33.6 Å². The zero-order valence-electron chi connectivity index (χ0n) is 14.0. The molecule has 0 spiro atoms. The third-order valence-corrected chi connectivity index (χ3v) is 7.67. The highest BCUT2D eigenvalue weighted by molar-refractivity contribution is 7.91. The van der Waals surface area contributed by atoms with Crippen LogP contribution in [0, 0.1) is 23.7 Å². The topological polar surface area (TPSA) is 54.4 Å². The summed E-state index contributed by atoms with van der Waals surface area (Å²) in [6.07, 6.45) is 7.81. The fraction of sp³-hybridized carbons (Fsp3) is 1.00. The molecule has 2 aliphatic rings. The Bertz CT molecular complexity index is 457. The molecule has 124 valence electrons. The van der Waals surface area contributed by atoms with Crippen molar-refractivity contribution in [3.8, 4) is 0 Å². The third kappa shape index (κ3) is 3.64. The Balaban J connectivity index is 2.23. The van der Waals surface area contributed by atoms with Crippen LogP contribution in [0.4, 0.5) is 0 Å². The summed E-state index contributed by atoms with van der Waals surface area (Å²) in [6, 6.07) is 0. The van der Waals surface area contributed by atoms with Crippen molar-refractivity contribution in [2.75, 3.05) is 6.26 Å². The number of sulfone groups is 1. The number of rotatable bonds is 3. The molecule has 21 heavy (non-hydrogen) atoms. The van der Waals surface area contributed by atoms with E-state index in [0.29, 0.717) is 24.2 Å². The highest BCUT2D eigenvalue weighted by atomic mass is 32.2. The zero-order valence-corrected chi connectivity index (χ0v) is 14.8. The van der Waals surface area contributed by atoms with E-state index < -0.39 is 15.4 Å². The van der Waals surface area contributed by atoms with E-state index in [4.69, 9.17) is 0 Å². The molecule has 0 radical (unpaired) electrons. The number of aliphatic hydroxyl groups is 1. The van der Waals surface area contributed by atoms with Crippen LogP contribution in [0.15, 0.2) is 0 Å². The highest BCUT2D eigenvalue weighted by Gasteiger charge is 2.49. The SMILES string of the molecule is CC1CCC(C(C)C)C(O)(C2CCCC(S(C)(=O)=O)C2)C1. The van der Waals surface area contributed by atoms with Crippen LogP contribution in [0.3, 0.4) is 0 Å². The molecule has 2 saturated carbocycles. The van der Waals surface area contributed by atoms with Crippen molar-refractivity contribution < 1.29 is 13.5 Å². The smallest absolute Gasteiger partial charge is 0.150 e. The summed E-state index contributed by atoms with van der Waals surface area (Å²) in [6.45, 7) is 6.61. The molecule has 0 aliphatic heterocycles. The summed E-state index contributed by atoms with van der Waals surface area (Å²) >= 11 is 0.